The number of anilines is 1. The molecule has 0 atom stereocenters. The first-order valence-electron chi connectivity index (χ1n) is 5.19. The molecule has 2 heterocycles. The normalized spacial score (nSPS) is 9.95. The topological polar surface area (TPSA) is 92.2 Å². The Morgan fingerprint density at radius 2 is 2.00 bits per heavy atom. The standard InChI is InChI=1S/C12H8ClN3O3/c13-9-3-5-14-6-8(9)11(17)16-10-7(12(18)19)2-1-4-15-10/h1-6H,(H,18,19)(H,15,16,17). The van der Waals surface area contributed by atoms with Gasteiger partial charge in [-0.25, -0.2) is 9.78 Å². The molecule has 0 aliphatic rings. The van der Waals surface area contributed by atoms with Crippen LogP contribution in [-0.2, 0) is 0 Å². The van der Waals surface area contributed by atoms with Gasteiger partial charge in [0.25, 0.3) is 5.91 Å². The van der Waals surface area contributed by atoms with Crippen LogP contribution in [0.3, 0.4) is 0 Å². The highest BCUT2D eigenvalue weighted by Crippen LogP contribution is 2.17. The van der Waals surface area contributed by atoms with Gasteiger partial charge in [0.1, 0.15) is 11.4 Å². The summed E-state index contributed by atoms with van der Waals surface area (Å²) in [7, 11) is 0. The predicted octanol–water partition coefficient (Wildman–Crippen LogP) is 2.08. The molecule has 7 heteroatoms. The average molecular weight is 278 g/mol. The lowest BCUT2D eigenvalue weighted by atomic mass is 10.2. The lowest BCUT2D eigenvalue weighted by Gasteiger charge is -2.07. The van der Waals surface area contributed by atoms with Crippen molar-refractivity contribution in [1.82, 2.24) is 9.97 Å². The number of aromatic nitrogens is 2. The van der Waals surface area contributed by atoms with Crippen molar-refractivity contribution in [2.45, 2.75) is 0 Å². The van der Waals surface area contributed by atoms with Gasteiger partial charge in [-0.05, 0) is 18.2 Å². The zero-order valence-corrected chi connectivity index (χ0v) is 10.3. The summed E-state index contributed by atoms with van der Waals surface area (Å²) in [5, 5.41) is 11.6. The number of halogens is 1. The van der Waals surface area contributed by atoms with Crippen LogP contribution in [0.15, 0.2) is 36.8 Å². The molecule has 2 aromatic heterocycles. The number of pyridine rings is 2. The number of aromatic carboxylic acids is 1. The summed E-state index contributed by atoms with van der Waals surface area (Å²) >= 11 is 5.85. The van der Waals surface area contributed by atoms with Crippen LogP contribution in [0.1, 0.15) is 20.7 Å². The fourth-order valence-corrected chi connectivity index (χ4v) is 1.59. The Bertz CT molecular complexity index is 646. The van der Waals surface area contributed by atoms with Crippen LogP contribution in [0.4, 0.5) is 5.82 Å². The van der Waals surface area contributed by atoms with Crippen LogP contribution < -0.4 is 5.32 Å². The second-order valence-electron chi connectivity index (χ2n) is 3.51. The van der Waals surface area contributed by atoms with E-state index in [0.717, 1.165) is 0 Å². The second kappa shape index (κ2) is 5.45. The molecule has 0 aromatic carbocycles. The van der Waals surface area contributed by atoms with Crippen LogP contribution in [0.25, 0.3) is 0 Å². The van der Waals surface area contributed by atoms with Crippen molar-refractivity contribution in [2.24, 2.45) is 0 Å². The van der Waals surface area contributed by atoms with Gasteiger partial charge >= 0.3 is 5.97 Å². The fourth-order valence-electron chi connectivity index (χ4n) is 1.40. The highest BCUT2D eigenvalue weighted by molar-refractivity contribution is 6.34. The molecule has 0 saturated heterocycles. The van der Waals surface area contributed by atoms with E-state index in [-0.39, 0.29) is 22.0 Å². The van der Waals surface area contributed by atoms with Gasteiger partial charge in [0.2, 0.25) is 0 Å². The molecule has 0 fully saturated rings. The maximum absolute atomic E-state index is 11.9. The maximum atomic E-state index is 11.9. The Labute approximate surface area is 113 Å². The zero-order valence-electron chi connectivity index (χ0n) is 9.50. The van der Waals surface area contributed by atoms with Gasteiger partial charge in [-0.15, -0.1) is 0 Å². The molecule has 2 rings (SSSR count). The molecule has 1 amide bonds. The monoisotopic (exact) mass is 277 g/mol. The van der Waals surface area contributed by atoms with Crippen molar-refractivity contribution in [1.29, 1.82) is 0 Å². The van der Waals surface area contributed by atoms with E-state index in [1.54, 1.807) is 0 Å². The molecule has 0 bridgehead atoms. The quantitative estimate of drug-likeness (QED) is 0.896. The number of carbonyl (C=O) groups is 2. The van der Waals surface area contributed by atoms with Crippen LogP contribution in [0, 0.1) is 0 Å². The summed E-state index contributed by atoms with van der Waals surface area (Å²) in [6.45, 7) is 0. The largest absolute Gasteiger partial charge is 0.478 e. The molecule has 0 saturated carbocycles. The number of hydrogen-bond donors (Lipinski definition) is 2. The number of carboxylic acids is 1. The minimum absolute atomic E-state index is 0.0417. The maximum Gasteiger partial charge on any atom is 0.339 e. The summed E-state index contributed by atoms with van der Waals surface area (Å²) in [6, 6.07) is 4.28. The van der Waals surface area contributed by atoms with Crippen LogP contribution >= 0.6 is 11.6 Å². The van der Waals surface area contributed by atoms with Crippen molar-refractivity contribution in [3.63, 3.8) is 0 Å². The van der Waals surface area contributed by atoms with E-state index in [0.29, 0.717) is 0 Å². The zero-order chi connectivity index (χ0) is 13.8. The summed E-state index contributed by atoms with van der Waals surface area (Å²) in [5.41, 5.74) is 0.0435. The third kappa shape index (κ3) is 2.86. The summed E-state index contributed by atoms with van der Waals surface area (Å²) in [5.74, 6) is -1.79. The summed E-state index contributed by atoms with van der Waals surface area (Å²) < 4.78 is 0. The summed E-state index contributed by atoms with van der Waals surface area (Å²) in [4.78, 5) is 30.5. The summed E-state index contributed by atoms with van der Waals surface area (Å²) in [6.07, 6.45) is 4.12. The molecule has 0 aliphatic carbocycles. The van der Waals surface area contributed by atoms with Crippen molar-refractivity contribution in [3.05, 3.63) is 52.9 Å². The number of hydrogen-bond acceptors (Lipinski definition) is 4. The minimum atomic E-state index is -1.18. The van der Waals surface area contributed by atoms with E-state index in [1.807, 2.05) is 0 Å². The second-order valence-corrected chi connectivity index (χ2v) is 3.92. The highest BCUT2D eigenvalue weighted by atomic mass is 35.5. The van der Waals surface area contributed by atoms with E-state index in [2.05, 4.69) is 15.3 Å². The van der Waals surface area contributed by atoms with Gasteiger partial charge in [0.15, 0.2) is 0 Å². The molecule has 2 aromatic rings. The van der Waals surface area contributed by atoms with Crippen molar-refractivity contribution in [2.75, 3.05) is 5.32 Å². The molecule has 6 nitrogen and oxygen atoms in total. The molecule has 0 radical (unpaired) electrons. The molecular weight excluding hydrogens is 270 g/mol. The smallest absolute Gasteiger partial charge is 0.339 e. The number of carboxylic acid groups (broad SMARTS) is 1. The predicted molar refractivity (Wildman–Crippen MR) is 68.4 cm³/mol. The van der Waals surface area contributed by atoms with Gasteiger partial charge in [-0.1, -0.05) is 11.6 Å². The SMILES string of the molecule is O=C(Nc1ncccc1C(=O)O)c1cnccc1Cl. The van der Waals surface area contributed by atoms with E-state index in [1.165, 1.54) is 36.8 Å². The minimum Gasteiger partial charge on any atom is -0.478 e. The molecule has 19 heavy (non-hydrogen) atoms. The fraction of sp³-hybridized carbons (Fsp3) is 0. The first kappa shape index (κ1) is 13.0. The van der Waals surface area contributed by atoms with Crippen LogP contribution in [-0.4, -0.2) is 27.0 Å². The Hall–Kier alpha value is -2.47. The average Bonchev–Trinajstić information content (AvgIpc) is 2.39. The van der Waals surface area contributed by atoms with Gasteiger partial charge < -0.3 is 10.4 Å². The molecule has 0 unspecified atom stereocenters. The lowest BCUT2D eigenvalue weighted by Crippen LogP contribution is -2.16. The number of nitrogens with zero attached hydrogens (tertiary/aromatic N) is 2. The van der Waals surface area contributed by atoms with E-state index in [4.69, 9.17) is 16.7 Å². The van der Waals surface area contributed by atoms with Gasteiger partial charge in [0, 0.05) is 18.6 Å². The van der Waals surface area contributed by atoms with Crippen molar-refractivity contribution in [3.8, 4) is 0 Å². The lowest BCUT2D eigenvalue weighted by molar-refractivity contribution is 0.0697. The molecule has 2 N–H and O–H groups in total. The third-order valence-corrected chi connectivity index (χ3v) is 2.61. The van der Waals surface area contributed by atoms with Gasteiger partial charge in [-0.3, -0.25) is 9.78 Å². The molecule has 96 valence electrons. The van der Waals surface area contributed by atoms with E-state index in [9.17, 15) is 9.59 Å². The number of carbonyl (C=O) groups excluding carboxylic acids is 1. The Morgan fingerprint density at radius 3 is 2.68 bits per heavy atom. The highest BCUT2D eigenvalue weighted by Gasteiger charge is 2.16. The molecule has 0 spiro atoms. The van der Waals surface area contributed by atoms with Gasteiger partial charge in [-0.2, -0.15) is 0 Å². The van der Waals surface area contributed by atoms with Gasteiger partial charge in [0.05, 0.1) is 10.6 Å². The molecule has 0 aliphatic heterocycles. The number of amides is 1. The first-order chi connectivity index (χ1) is 9.09. The van der Waals surface area contributed by atoms with E-state index < -0.39 is 11.9 Å². The Kier molecular flexibility index (Phi) is 3.72. The number of nitrogens with one attached hydrogen (secondary N) is 1. The number of rotatable bonds is 3. The van der Waals surface area contributed by atoms with E-state index >= 15 is 0 Å². The van der Waals surface area contributed by atoms with Crippen LogP contribution in [0.5, 0.6) is 0 Å². The first-order valence-corrected chi connectivity index (χ1v) is 5.56. The molecular formula is C12H8ClN3O3. The van der Waals surface area contributed by atoms with Crippen LogP contribution in [0.2, 0.25) is 5.02 Å². The Morgan fingerprint density at radius 1 is 1.21 bits per heavy atom. The van der Waals surface area contributed by atoms with Crippen molar-refractivity contribution < 1.29 is 14.7 Å². The van der Waals surface area contributed by atoms with Crippen molar-refractivity contribution >= 4 is 29.3 Å². The third-order valence-electron chi connectivity index (χ3n) is 2.28. The Balaban J connectivity index is 2.30.